The van der Waals surface area contributed by atoms with Gasteiger partial charge >= 0.3 is 0 Å². The van der Waals surface area contributed by atoms with Gasteiger partial charge < -0.3 is 16.4 Å². The van der Waals surface area contributed by atoms with Gasteiger partial charge in [-0.3, -0.25) is 9.59 Å². The van der Waals surface area contributed by atoms with E-state index >= 15 is 0 Å². The lowest BCUT2D eigenvalue weighted by Crippen LogP contribution is -2.55. The van der Waals surface area contributed by atoms with Gasteiger partial charge in [0.05, 0.1) is 5.41 Å². The Morgan fingerprint density at radius 3 is 2.20 bits per heavy atom. The highest BCUT2D eigenvalue weighted by atomic mass is 16.2. The normalized spacial score (nSPS) is 20.1. The lowest BCUT2D eigenvalue weighted by Gasteiger charge is -2.35. The summed E-state index contributed by atoms with van der Waals surface area (Å²) in [5.74, 6) is -0.231. The average molecular weight is 283 g/mol. The summed E-state index contributed by atoms with van der Waals surface area (Å²) >= 11 is 0. The maximum atomic E-state index is 12.5. The molecular weight excluding hydrogens is 254 g/mol. The van der Waals surface area contributed by atoms with Crippen LogP contribution < -0.4 is 16.4 Å². The number of amides is 2. The predicted octanol–water partition coefficient (Wildman–Crippen LogP) is 1.32. The highest BCUT2D eigenvalue weighted by Crippen LogP contribution is 2.35. The Morgan fingerprint density at radius 1 is 1.20 bits per heavy atom. The van der Waals surface area contributed by atoms with Crippen molar-refractivity contribution in [1.29, 1.82) is 0 Å². The first-order valence-corrected chi connectivity index (χ1v) is 7.53. The SMILES string of the molecule is CC(NC(=O)C1(CN)CCCCC1)C(=O)NC(C)(C)C. The van der Waals surface area contributed by atoms with E-state index in [2.05, 4.69) is 10.6 Å². The first-order valence-electron chi connectivity index (χ1n) is 7.53. The Bertz CT molecular complexity index is 355. The minimum atomic E-state index is -0.535. The third-order valence-corrected chi connectivity index (χ3v) is 3.92. The summed E-state index contributed by atoms with van der Waals surface area (Å²) in [4.78, 5) is 24.5. The van der Waals surface area contributed by atoms with Crippen molar-refractivity contribution in [1.82, 2.24) is 10.6 Å². The number of carbonyl (C=O) groups is 2. The molecule has 5 nitrogen and oxygen atoms in total. The van der Waals surface area contributed by atoms with E-state index < -0.39 is 11.5 Å². The molecule has 1 aliphatic carbocycles. The maximum absolute atomic E-state index is 12.5. The topological polar surface area (TPSA) is 84.2 Å². The quantitative estimate of drug-likeness (QED) is 0.727. The molecule has 0 aliphatic heterocycles. The lowest BCUT2D eigenvalue weighted by atomic mass is 9.73. The average Bonchev–Trinajstić information content (AvgIpc) is 2.37. The number of nitrogens with one attached hydrogen (secondary N) is 2. The van der Waals surface area contributed by atoms with Gasteiger partial charge in [-0.15, -0.1) is 0 Å². The Morgan fingerprint density at radius 2 is 1.75 bits per heavy atom. The fourth-order valence-corrected chi connectivity index (χ4v) is 2.65. The van der Waals surface area contributed by atoms with E-state index in [1.807, 2.05) is 20.8 Å². The van der Waals surface area contributed by atoms with E-state index in [9.17, 15) is 9.59 Å². The van der Waals surface area contributed by atoms with Gasteiger partial charge in [-0.25, -0.2) is 0 Å². The number of rotatable bonds is 4. The van der Waals surface area contributed by atoms with Crippen LogP contribution in [0.3, 0.4) is 0 Å². The third-order valence-electron chi connectivity index (χ3n) is 3.92. The molecule has 1 rings (SSSR count). The molecule has 5 heteroatoms. The van der Waals surface area contributed by atoms with Crippen molar-refractivity contribution in [3.8, 4) is 0 Å². The van der Waals surface area contributed by atoms with Crippen molar-refractivity contribution in [2.75, 3.05) is 6.54 Å². The number of hydrogen-bond acceptors (Lipinski definition) is 3. The van der Waals surface area contributed by atoms with Gasteiger partial charge in [0, 0.05) is 12.1 Å². The van der Waals surface area contributed by atoms with Crippen molar-refractivity contribution < 1.29 is 9.59 Å². The van der Waals surface area contributed by atoms with Crippen molar-refractivity contribution in [2.45, 2.75) is 71.4 Å². The van der Waals surface area contributed by atoms with Crippen LogP contribution in [-0.2, 0) is 9.59 Å². The fraction of sp³-hybridized carbons (Fsp3) is 0.867. The molecule has 0 heterocycles. The second-order valence-corrected chi connectivity index (χ2v) is 6.98. The molecule has 4 N–H and O–H groups in total. The molecule has 0 aromatic carbocycles. The van der Waals surface area contributed by atoms with Crippen molar-refractivity contribution >= 4 is 11.8 Å². The van der Waals surface area contributed by atoms with E-state index in [0.29, 0.717) is 6.54 Å². The van der Waals surface area contributed by atoms with E-state index in [-0.39, 0.29) is 17.4 Å². The van der Waals surface area contributed by atoms with Gasteiger partial charge in [-0.1, -0.05) is 19.3 Å². The molecule has 0 saturated heterocycles. The monoisotopic (exact) mass is 283 g/mol. The minimum Gasteiger partial charge on any atom is -0.350 e. The zero-order chi connectivity index (χ0) is 15.4. The summed E-state index contributed by atoms with van der Waals surface area (Å²) in [6.45, 7) is 7.82. The highest BCUT2D eigenvalue weighted by molar-refractivity contribution is 5.90. The molecule has 1 aliphatic rings. The van der Waals surface area contributed by atoms with Crippen LogP contribution in [-0.4, -0.2) is 29.9 Å². The Kier molecular flexibility index (Phi) is 5.57. The number of nitrogens with two attached hydrogens (primary N) is 1. The first kappa shape index (κ1) is 17.0. The van der Waals surface area contributed by atoms with Crippen LogP contribution in [0.25, 0.3) is 0 Å². The molecule has 0 aromatic heterocycles. The Hall–Kier alpha value is -1.10. The molecule has 20 heavy (non-hydrogen) atoms. The van der Waals surface area contributed by atoms with E-state index in [4.69, 9.17) is 5.73 Å². The molecule has 1 fully saturated rings. The van der Waals surface area contributed by atoms with Crippen LogP contribution in [0, 0.1) is 5.41 Å². The molecule has 116 valence electrons. The van der Waals surface area contributed by atoms with Crippen LogP contribution in [0.1, 0.15) is 59.8 Å². The summed E-state index contributed by atoms with van der Waals surface area (Å²) in [6, 6.07) is -0.535. The third kappa shape index (κ3) is 4.47. The minimum absolute atomic E-state index is 0.0729. The highest BCUT2D eigenvalue weighted by Gasteiger charge is 2.39. The zero-order valence-electron chi connectivity index (χ0n) is 13.2. The second-order valence-electron chi connectivity index (χ2n) is 6.98. The first-order chi connectivity index (χ1) is 9.20. The fourth-order valence-electron chi connectivity index (χ4n) is 2.65. The van der Waals surface area contributed by atoms with E-state index in [1.54, 1.807) is 6.92 Å². The molecule has 1 saturated carbocycles. The summed E-state index contributed by atoms with van der Waals surface area (Å²) in [5, 5.41) is 5.71. The molecule has 2 amide bonds. The molecule has 1 atom stereocenters. The van der Waals surface area contributed by atoms with Crippen LogP contribution >= 0.6 is 0 Å². The smallest absolute Gasteiger partial charge is 0.242 e. The van der Waals surface area contributed by atoms with Crippen molar-refractivity contribution in [3.05, 3.63) is 0 Å². The second kappa shape index (κ2) is 6.57. The largest absolute Gasteiger partial charge is 0.350 e. The molecule has 0 spiro atoms. The number of hydrogen-bond donors (Lipinski definition) is 3. The standard InChI is InChI=1S/C15H29N3O2/c1-11(12(19)18-14(2,3)4)17-13(20)15(10-16)8-6-5-7-9-15/h11H,5-10,16H2,1-4H3,(H,17,20)(H,18,19). The van der Waals surface area contributed by atoms with Gasteiger partial charge in [0.2, 0.25) is 11.8 Å². The van der Waals surface area contributed by atoms with Gasteiger partial charge in [-0.2, -0.15) is 0 Å². The number of carbonyl (C=O) groups excluding carboxylic acids is 2. The summed E-state index contributed by atoms with van der Waals surface area (Å²) in [7, 11) is 0. The van der Waals surface area contributed by atoms with Gasteiger partial charge in [-0.05, 0) is 40.5 Å². The van der Waals surface area contributed by atoms with Crippen LogP contribution in [0.5, 0.6) is 0 Å². The maximum Gasteiger partial charge on any atom is 0.242 e. The van der Waals surface area contributed by atoms with Gasteiger partial charge in [0.25, 0.3) is 0 Å². The summed E-state index contributed by atoms with van der Waals surface area (Å²) in [5.41, 5.74) is 5.05. The molecule has 0 aromatic rings. The lowest BCUT2D eigenvalue weighted by molar-refractivity contribution is -0.136. The van der Waals surface area contributed by atoms with Gasteiger partial charge in [0.1, 0.15) is 6.04 Å². The molecule has 1 unspecified atom stereocenters. The van der Waals surface area contributed by atoms with Crippen molar-refractivity contribution in [3.63, 3.8) is 0 Å². The predicted molar refractivity (Wildman–Crippen MR) is 80.1 cm³/mol. The zero-order valence-corrected chi connectivity index (χ0v) is 13.2. The Balaban J connectivity index is 2.62. The van der Waals surface area contributed by atoms with Crippen LogP contribution in [0.4, 0.5) is 0 Å². The van der Waals surface area contributed by atoms with Crippen LogP contribution in [0.2, 0.25) is 0 Å². The van der Waals surface area contributed by atoms with Gasteiger partial charge in [0.15, 0.2) is 0 Å². The summed E-state index contributed by atoms with van der Waals surface area (Å²) < 4.78 is 0. The van der Waals surface area contributed by atoms with E-state index in [0.717, 1.165) is 32.1 Å². The molecule has 0 bridgehead atoms. The van der Waals surface area contributed by atoms with Crippen molar-refractivity contribution in [2.24, 2.45) is 11.1 Å². The van der Waals surface area contributed by atoms with E-state index in [1.165, 1.54) is 0 Å². The Labute approximate surface area is 122 Å². The molecule has 0 radical (unpaired) electrons. The molecular formula is C15H29N3O2. The summed E-state index contributed by atoms with van der Waals surface area (Å²) in [6.07, 6.45) is 4.88. The van der Waals surface area contributed by atoms with Crippen LogP contribution in [0.15, 0.2) is 0 Å².